The second kappa shape index (κ2) is 5.23. The average Bonchev–Trinajstić information content (AvgIpc) is 2.63. The first kappa shape index (κ1) is 12.1. The summed E-state index contributed by atoms with van der Waals surface area (Å²) in [4.78, 5) is 16.6. The molecule has 0 fully saturated rings. The Balaban J connectivity index is 2.55. The van der Waals surface area contributed by atoms with Crippen LogP contribution < -0.4 is 5.32 Å². The van der Waals surface area contributed by atoms with Crippen LogP contribution in [0.4, 0.5) is 0 Å². The predicted octanol–water partition coefficient (Wildman–Crippen LogP) is 1.66. The van der Waals surface area contributed by atoms with Crippen molar-refractivity contribution in [1.29, 1.82) is 0 Å². The standard InChI is InChI=1S/C10H16N2O2S/c1-6-5-11-9(15-6)7(2)12-8(3)10(13)14-4/h5,7-8,12H,1-4H3. The molecule has 0 aliphatic heterocycles. The lowest BCUT2D eigenvalue weighted by Crippen LogP contribution is -2.36. The lowest BCUT2D eigenvalue weighted by Gasteiger charge is -2.16. The number of nitrogens with one attached hydrogen (secondary N) is 1. The van der Waals surface area contributed by atoms with Crippen molar-refractivity contribution in [2.45, 2.75) is 32.9 Å². The van der Waals surface area contributed by atoms with Gasteiger partial charge in [-0.1, -0.05) is 0 Å². The molecule has 1 N–H and O–H groups in total. The molecule has 1 aromatic rings. The number of nitrogens with zero attached hydrogens (tertiary/aromatic N) is 1. The van der Waals surface area contributed by atoms with E-state index in [9.17, 15) is 4.79 Å². The zero-order chi connectivity index (χ0) is 11.4. The van der Waals surface area contributed by atoms with Gasteiger partial charge in [-0.25, -0.2) is 4.98 Å². The molecular formula is C10H16N2O2S. The number of rotatable bonds is 4. The fraction of sp³-hybridized carbons (Fsp3) is 0.600. The molecule has 0 bridgehead atoms. The summed E-state index contributed by atoms with van der Waals surface area (Å²) in [5, 5.41) is 4.12. The van der Waals surface area contributed by atoms with Gasteiger partial charge in [-0.3, -0.25) is 10.1 Å². The molecule has 4 nitrogen and oxygen atoms in total. The molecule has 0 aliphatic carbocycles. The van der Waals surface area contributed by atoms with E-state index in [0.717, 1.165) is 5.01 Å². The van der Waals surface area contributed by atoms with Crippen molar-refractivity contribution in [3.05, 3.63) is 16.1 Å². The van der Waals surface area contributed by atoms with Crippen LogP contribution in [-0.4, -0.2) is 24.1 Å². The largest absolute Gasteiger partial charge is 0.468 e. The minimum absolute atomic E-state index is 0.0674. The predicted molar refractivity (Wildman–Crippen MR) is 59.9 cm³/mol. The van der Waals surface area contributed by atoms with Gasteiger partial charge >= 0.3 is 5.97 Å². The van der Waals surface area contributed by atoms with Gasteiger partial charge in [-0.2, -0.15) is 0 Å². The third-order valence-electron chi connectivity index (χ3n) is 2.06. The summed E-state index contributed by atoms with van der Waals surface area (Å²) in [6.45, 7) is 5.78. The highest BCUT2D eigenvalue weighted by Gasteiger charge is 2.17. The molecule has 1 rings (SSSR count). The number of hydrogen-bond acceptors (Lipinski definition) is 5. The summed E-state index contributed by atoms with van der Waals surface area (Å²) < 4.78 is 4.64. The van der Waals surface area contributed by atoms with E-state index in [4.69, 9.17) is 0 Å². The Labute approximate surface area is 93.7 Å². The van der Waals surface area contributed by atoms with Gasteiger partial charge in [-0.05, 0) is 20.8 Å². The van der Waals surface area contributed by atoms with Gasteiger partial charge in [0.05, 0.1) is 13.2 Å². The minimum Gasteiger partial charge on any atom is -0.468 e. The van der Waals surface area contributed by atoms with Gasteiger partial charge in [-0.15, -0.1) is 11.3 Å². The minimum atomic E-state index is -0.311. The maximum Gasteiger partial charge on any atom is 0.322 e. The molecule has 15 heavy (non-hydrogen) atoms. The van der Waals surface area contributed by atoms with Gasteiger partial charge in [0.1, 0.15) is 11.0 Å². The molecule has 0 aliphatic rings. The highest BCUT2D eigenvalue weighted by Crippen LogP contribution is 2.19. The number of esters is 1. The van der Waals surface area contributed by atoms with Crippen LogP contribution in [0.15, 0.2) is 6.20 Å². The summed E-state index contributed by atoms with van der Waals surface area (Å²) in [6.07, 6.45) is 1.83. The molecule has 5 heteroatoms. The topological polar surface area (TPSA) is 51.2 Å². The first-order valence-electron chi connectivity index (χ1n) is 4.80. The van der Waals surface area contributed by atoms with Crippen LogP contribution in [0.1, 0.15) is 29.8 Å². The maximum absolute atomic E-state index is 11.2. The lowest BCUT2D eigenvalue weighted by molar-refractivity contribution is -0.142. The molecule has 0 amide bonds. The number of carbonyl (C=O) groups is 1. The normalized spacial score (nSPS) is 14.7. The second-order valence-electron chi connectivity index (χ2n) is 3.44. The van der Waals surface area contributed by atoms with Crippen LogP contribution in [0.3, 0.4) is 0 Å². The fourth-order valence-electron chi connectivity index (χ4n) is 1.26. The Kier molecular flexibility index (Phi) is 4.23. The number of aromatic nitrogens is 1. The van der Waals surface area contributed by atoms with Crippen molar-refractivity contribution in [2.24, 2.45) is 0 Å². The third-order valence-corrected chi connectivity index (χ3v) is 3.16. The summed E-state index contributed by atoms with van der Waals surface area (Å²) in [5.74, 6) is -0.255. The van der Waals surface area contributed by atoms with Crippen molar-refractivity contribution in [3.8, 4) is 0 Å². The first-order valence-corrected chi connectivity index (χ1v) is 5.62. The average molecular weight is 228 g/mol. The van der Waals surface area contributed by atoms with E-state index < -0.39 is 0 Å². The van der Waals surface area contributed by atoms with Crippen molar-refractivity contribution in [2.75, 3.05) is 7.11 Å². The van der Waals surface area contributed by atoms with Crippen molar-refractivity contribution >= 4 is 17.3 Å². The molecule has 0 aromatic carbocycles. The van der Waals surface area contributed by atoms with Crippen LogP contribution in [0, 0.1) is 6.92 Å². The Morgan fingerprint density at radius 2 is 2.27 bits per heavy atom. The number of thiazole rings is 1. The molecule has 1 heterocycles. The lowest BCUT2D eigenvalue weighted by atomic mass is 10.2. The van der Waals surface area contributed by atoms with E-state index in [-0.39, 0.29) is 18.1 Å². The van der Waals surface area contributed by atoms with Crippen molar-refractivity contribution in [3.63, 3.8) is 0 Å². The van der Waals surface area contributed by atoms with Crippen LogP contribution >= 0.6 is 11.3 Å². The summed E-state index contributed by atoms with van der Waals surface area (Å²) in [6, 6.07) is -0.244. The van der Waals surface area contributed by atoms with Crippen LogP contribution in [-0.2, 0) is 9.53 Å². The maximum atomic E-state index is 11.2. The van der Waals surface area contributed by atoms with Gasteiger partial charge < -0.3 is 4.74 Å². The van der Waals surface area contributed by atoms with Gasteiger partial charge in [0.2, 0.25) is 0 Å². The van der Waals surface area contributed by atoms with Crippen LogP contribution in [0.2, 0.25) is 0 Å². The Morgan fingerprint density at radius 1 is 1.60 bits per heavy atom. The van der Waals surface area contributed by atoms with Gasteiger partial charge in [0.25, 0.3) is 0 Å². The Bertz CT molecular complexity index is 338. The quantitative estimate of drug-likeness (QED) is 0.796. The highest BCUT2D eigenvalue weighted by atomic mass is 32.1. The van der Waals surface area contributed by atoms with Gasteiger partial charge in [0, 0.05) is 11.1 Å². The molecule has 0 saturated heterocycles. The SMILES string of the molecule is COC(=O)C(C)NC(C)c1ncc(C)s1. The summed E-state index contributed by atoms with van der Waals surface area (Å²) in [5.41, 5.74) is 0. The molecule has 0 saturated carbocycles. The Hall–Kier alpha value is -0.940. The smallest absolute Gasteiger partial charge is 0.322 e. The molecule has 0 radical (unpaired) electrons. The number of hydrogen-bond donors (Lipinski definition) is 1. The van der Waals surface area contributed by atoms with E-state index in [1.165, 1.54) is 12.0 Å². The first-order chi connectivity index (χ1) is 7.04. The van der Waals surface area contributed by atoms with Crippen LogP contribution in [0.5, 0.6) is 0 Å². The number of ether oxygens (including phenoxy) is 1. The highest BCUT2D eigenvalue weighted by molar-refractivity contribution is 7.11. The van der Waals surface area contributed by atoms with E-state index in [2.05, 4.69) is 15.0 Å². The van der Waals surface area contributed by atoms with Crippen molar-refractivity contribution in [1.82, 2.24) is 10.3 Å². The zero-order valence-electron chi connectivity index (χ0n) is 9.40. The molecule has 2 unspecified atom stereocenters. The van der Waals surface area contributed by atoms with E-state index >= 15 is 0 Å². The summed E-state index contributed by atoms with van der Waals surface area (Å²) in [7, 11) is 1.39. The number of methoxy groups -OCH3 is 1. The number of aryl methyl sites for hydroxylation is 1. The summed E-state index contributed by atoms with van der Waals surface area (Å²) >= 11 is 1.63. The number of carbonyl (C=O) groups excluding carboxylic acids is 1. The molecule has 0 spiro atoms. The fourth-order valence-corrected chi connectivity index (χ4v) is 2.05. The van der Waals surface area contributed by atoms with E-state index in [0.29, 0.717) is 0 Å². The van der Waals surface area contributed by atoms with Crippen LogP contribution in [0.25, 0.3) is 0 Å². The molecule has 1 aromatic heterocycles. The van der Waals surface area contributed by atoms with Gasteiger partial charge in [0.15, 0.2) is 0 Å². The van der Waals surface area contributed by atoms with E-state index in [1.807, 2.05) is 20.0 Å². The zero-order valence-corrected chi connectivity index (χ0v) is 10.2. The van der Waals surface area contributed by atoms with E-state index in [1.54, 1.807) is 18.3 Å². The molecule has 2 atom stereocenters. The monoisotopic (exact) mass is 228 g/mol. The van der Waals surface area contributed by atoms with Crippen molar-refractivity contribution < 1.29 is 9.53 Å². The molecular weight excluding hydrogens is 212 g/mol. The third kappa shape index (κ3) is 3.28. The Morgan fingerprint density at radius 3 is 2.73 bits per heavy atom. The second-order valence-corrected chi connectivity index (χ2v) is 4.71. The molecule has 84 valence electrons.